The van der Waals surface area contributed by atoms with Gasteiger partial charge in [0.1, 0.15) is 17.3 Å². The van der Waals surface area contributed by atoms with Crippen LogP contribution in [0.15, 0.2) is 40.8 Å². The number of furan rings is 1. The summed E-state index contributed by atoms with van der Waals surface area (Å²) in [7, 11) is 0. The molecule has 1 aromatic heterocycles. The second kappa shape index (κ2) is 4.50. The minimum Gasteiger partial charge on any atom is -0.465 e. The van der Waals surface area contributed by atoms with Crippen molar-refractivity contribution in [1.29, 1.82) is 5.26 Å². The average Bonchev–Trinajstić information content (AvgIpc) is 2.74. The Labute approximate surface area is 116 Å². The summed E-state index contributed by atoms with van der Waals surface area (Å²) in [6.45, 7) is 3.78. The van der Waals surface area contributed by atoms with E-state index in [4.69, 9.17) is 4.42 Å². The summed E-state index contributed by atoms with van der Waals surface area (Å²) in [5, 5.41) is 11.2. The third kappa shape index (κ3) is 1.78. The maximum atomic E-state index is 13.1. The van der Waals surface area contributed by atoms with E-state index in [0.717, 1.165) is 33.4 Å². The Hall–Kier alpha value is -2.60. The van der Waals surface area contributed by atoms with E-state index in [0.29, 0.717) is 5.56 Å². The van der Waals surface area contributed by atoms with Crippen LogP contribution in [0.4, 0.5) is 4.39 Å². The Morgan fingerprint density at radius 3 is 2.35 bits per heavy atom. The van der Waals surface area contributed by atoms with Gasteiger partial charge in [-0.3, -0.25) is 0 Å². The number of halogens is 1. The molecule has 3 heteroatoms. The molecular weight excluding hydrogens is 253 g/mol. The molecule has 2 nitrogen and oxygen atoms in total. The summed E-state index contributed by atoms with van der Waals surface area (Å²) < 4.78 is 18.8. The summed E-state index contributed by atoms with van der Waals surface area (Å²) in [6.07, 6.45) is 0. The van der Waals surface area contributed by atoms with Crippen molar-refractivity contribution in [3.63, 3.8) is 0 Å². The van der Waals surface area contributed by atoms with Gasteiger partial charge in [0.25, 0.3) is 0 Å². The fourth-order valence-corrected chi connectivity index (χ4v) is 2.61. The molecule has 3 aromatic rings. The van der Waals surface area contributed by atoms with E-state index in [1.807, 2.05) is 19.9 Å². The van der Waals surface area contributed by atoms with E-state index in [1.165, 1.54) is 12.1 Å². The van der Waals surface area contributed by atoms with Crippen LogP contribution in [-0.4, -0.2) is 0 Å². The molecule has 0 unspecified atom stereocenters. The largest absolute Gasteiger partial charge is 0.465 e. The number of benzene rings is 2. The van der Waals surface area contributed by atoms with Crippen molar-refractivity contribution < 1.29 is 8.81 Å². The maximum absolute atomic E-state index is 13.1. The Kier molecular flexibility index (Phi) is 2.80. The minimum atomic E-state index is -0.292. The van der Waals surface area contributed by atoms with Crippen LogP contribution in [0.3, 0.4) is 0 Å². The molecule has 0 amide bonds. The molecule has 0 fully saturated rings. The molecule has 0 N–H and O–H groups in total. The highest BCUT2D eigenvalue weighted by atomic mass is 19.1. The lowest BCUT2D eigenvalue weighted by molar-refractivity contribution is 0.510. The molecule has 0 spiro atoms. The summed E-state index contributed by atoms with van der Waals surface area (Å²) in [5.74, 6) is 1.30. The summed E-state index contributed by atoms with van der Waals surface area (Å²) in [5.41, 5.74) is 2.19. The predicted molar refractivity (Wildman–Crippen MR) is 75.8 cm³/mol. The third-order valence-electron chi connectivity index (χ3n) is 3.50. The molecule has 0 bridgehead atoms. The van der Waals surface area contributed by atoms with Crippen molar-refractivity contribution >= 4 is 10.8 Å². The number of rotatable bonds is 1. The van der Waals surface area contributed by atoms with E-state index in [9.17, 15) is 9.65 Å². The zero-order valence-corrected chi connectivity index (χ0v) is 11.2. The van der Waals surface area contributed by atoms with Gasteiger partial charge in [-0.1, -0.05) is 12.1 Å². The van der Waals surface area contributed by atoms with E-state index in [1.54, 1.807) is 18.2 Å². The van der Waals surface area contributed by atoms with Gasteiger partial charge in [0, 0.05) is 16.3 Å². The first-order valence-electron chi connectivity index (χ1n) is 6.30. The highest BCUT2D eigenvalue weighted by Gasteiger charge is 2.16. The predicted octanol–water partition coefficient (Wildman–Crippen LogP) is 4.73. The Balaban J connectivity index is 2.43. The Morgan fingerprint density at radius 2 is 1.70 bits per heavy atom. The number of hydrogen-bond donors (Lipinski definition) is 0. The van der Waals surface area contributed by atoms with Gasteiger partial charge < -0.3 is 4.42 Å². The number of aryl methyl sites for hydroxylation is 2. The van der Waals surface area contributed by atoms with Crippen LogP contribution >= 0.6 is 0 Å². The zero-order chi connectivity index (χ0) is 14.3. The number of nitriles is 1. The molecule has 3 rings (SSSR count). The molecule has 20 heavy (non-hydrogen) atoms. The Bertz CT molecular complexity index is 838. The molecule has 0 saturated carbocycles. The minimum absolute atomic E-state index is 0.292. The summed E-state index contributed by atoms with van der Waals surface area (Å²) in [6, 6.07) is 12.1. The van der Waals surface area contributed by atoms with Crippen molar-refractivity contribution in [1.82, 2.24) is 0 Å². The van der Waals surface area contributed by atoms with Gasteiger partial charge in [0.05, 0.1) is 11.6 Å². The Morgan fingerprint density at radius 1 is 1.00 bits per heavy atom. The second-order valence-electron chi connectivity index (χ2n) is 4.74. The first-order chi connectivity index (χ1) is 9.61. The fourth-order valence-electron chi connectivity index (χ4n) is 2.61. The van der Waals surface area contributed by atoms with Crippen LogP contribution in [0.2, 0.25) is 0 Å². The maximum Gasteiger partial charge on any atom is 0.123 e. The lowest BCUT2D eigenvalue weighted by atomic mass is 9.94. The first-order valence-corrected chi connectivity index (χ1v) is 6.30. The standard InChI is InChI=1S/C17H12FNO/c1-10-15-8-5-13(9-19)17(16(15)11(2)20-10)12-3-6-14(18)7-4-12/h3-8H,1-2H3. The monoisotopic (exact) mass is 265 g/mol. The molecule has 0 aliphatic heterocycles. The van der Waals surface area contributed by atoms with Crippen molar-refractivity contribution in [3.8, 4) is 17.2 Å². The van der Waals surface area contributed by atoms with E-state index >= 15 is 0 Å². The lowest BCUT2D eigenvalue weighted by Gasteiger charge is -2.07. The molecule has 1 heterocycles. The quantitative estimate of drug-likeness (QED) is 0.638. The van der Waals surface area contributed by atoms with E-state index in [-0.39, 0.29) is 5.82 Å². The highest BCUT2D eigenvalue weighted by molar-refractivity contribution is 6.01. The van der Waals surface area contributed by atoms with Crippen molar-refractivity contribution in [2.24, 2.45) is 0 Å². The lowest BCUT2D eigenvalue weighted by Crippen LogP contribution is -1.87. The average molecular weight is 265 g/mol. The smallest absolute Gasteiger partial charge is 0.123 e. The van der Waals surface area contributed by atoms with Gasteiger partial charge in [0.15, 0.2) is 0 Å². The van der Waals surface area contributed by atoms with Crippen LogP contribution in [0, 0.1) is 31.0 Å². The van der Waals surface area contributed by atoms with Gasteiger partial charge in [-0.2, -0.15) is 5.26 Å². The van der Waals surface area contributed by atoms with Crippen molar-refractivity contribution in [2.75, 3.05) is 0 Å². The van der Waals surface area contributed by atoms with Gasteiger partial charge in [0.2, 0.25) is 0 Å². The molecule has 0 saturated heterocycles. The first kappa shape index (κ1) is 12.4. The summed E-state index contributed by atoms with van der Waals surface area (Å²) >= 11 is 0. The van der Waals surface area contributed by atoms with Crippen LogP contribution in [0.25, 0.3) is 21.9 Å². The second-order valence-corrected chi connectivity index (χ2v) is 4.74. The SMILES string of the molecule is Cc1oc(C)c2c(-c3ccc(F)cc3)c(C#N)ccc12. The molecule has 0 atom stereocenters. The van der Waals surface area contributed by atoms with Gasteiger partial charge in [-0.05, 0) is 43.7 Å². The molecular formula is C17H12FNO. The van der Waals surface area contributed by atoms with Crippen molar-refractivity contribution in [3.05, 3.63) is 59.3 Å². The van der Waals surface area contributed by atoms with Gasteiger partial charge >= 0.3 is 0 Å². The van der Waals surface area contributed by atoms with Crippen LogP contribution in [0.5, 0.6) is 0 Å². The molecule has 98 valence electrons. The molecule has 2 aromatic carbocycles. The van der Waals surface area contributed by atoms with E-state index in [2.05, 4.69) is 6.07 Å². The highest BCUT2D eigenvalue weighted by Crippen LogP contribution is 2.36. The van der Waals surface area contributed by atoms with Gasteiger partial charge in [-0.25, -0.2) is 4.39 Å². The topological polar surface area (TPSA) is 36.9 Å². The third-order valence-corrected chi connectivity index (χ3v) is 3.50. The fraction of sp³-hybridized carbons (Fsp3) is 0.118. The van der Waals surface area contributed by atoms with E-state index < -0.39 is 0 Å². The van der Waals surface area contributed by atoms with Crippen LogP contribution < -0.4 is 0 Å². The van der Waals surface area contributed by atoms with Crippen LogP contribution in [-0.2, 0) is 0 Å². The van der Waals surface area contributed by atoms with Crippen LogP contribution in [0.1, 0.15) is 17.1 Å². The van der Waals surface area contributed by atoms with Crippen molar-refractivity contribution in [2.45, 2.75) is 13.8 Å². The number of fused-ring (bicyclic) bond motifs is 1. The zero-order valence-electron chi connectivity index (χ0n) is 11.2. The number of nitrogens with zero attached hydrogens (tertiary/aromatic N) is 1. The number of hydrogen-bond acceptors (Lipinski definition) is 2. The van der Waals surface area contributed by atoms with Gasteiger partial charge in [-0.15, -0.1) is 0 Å². The molecule has 0 radical (unpaired) electrons. The molecule has 0 aliphatic carbocycles. The normalized spacial score (nSPS) is 10.7. The summed E-state index contributed by atoms with van der Waals surface area (Å²) in [4.78, 5) is 0. The molecule has 0 aliphatic rings.